The largest absolute Gasteiger partial charge is 0.491 e. The van der Waals surface area contributed by atoms with E-state index >= 15 is 0 Å². The number of aryl methyl sites for hydroxylation is 1. The molecule has 0 bridgehead atoms. The van der Waals surface area contributed by atoms with E-state index in [1.165, 1.54) is 12.1 Å². The molecule has 32 heavy (non-hydrogen) atoms. The van der Waals surface area contributed by atoms with Crippen molar-refractivity contribution in [2.75, 3.05) is 25.6 Å². The highest BCUT2D eigenvalue weighted by molar-refractivity contribution is 5.90. The Balaban J connectivity index is 1.90. The molecule has 0 saturated carbocycles. The molecule has 0 spiro atoms. The van der Waals surface area contributed by atoms with Gasteiger partial charge in [-0.05, 0) is 45.0 Å². The molecule has 0 fully saturated rings. The number of hydrogen-bond acceptors (Lipinski definition) is 6. The number of ether oxygens (including phenoxy) is 2. The highest BCUT2D eigenvalue weighted by Gasteiger charge is 2.48. The number of hydrogen-bond donors (Lipinski definition) is 2. The maximum absolute atomic E-state index is 14.9. The predicted octanol–water partition coefficient (Wildman–Crippen LogP) is 4.58. The normalized spacial score (nSPS) is 12.2. The van der Waals surface area contributed by atoms with Crippen molar-refractivity contribution < 1.29 is 27.8 Å². The molecule has 2 aromatic carbocycles. The summed E-state index contributed by atoms with van der Waals surface area (Å²) in [6.45, 7) is 4.31. The van der Waals surface area contributed by atoms with E-state index in [-0.39, 0.29) is 12.1 Å². The highest BCUT2D eigenvalue weighted by Crippen LogP contribution is 2.40. The zero-order valence-electron chi connectivity index (χ0n) is 18.4. The zero-order valence-corrected chi connectivity index (χ0v) is 18.4. The summed E-state index contributed by atoms with van der Waals surface area (Å²) in [5, 5.41) is 13.5. The number of rotatable bonds is 9. The molecule has 9 heteroatoms. The number of halogens is 3. The first-order valence-corrected chi connectivity index (χ1v) is 10.1. The van der Waals surface area contributed by atoms with Crippen LogP contribution in [0.3, 0.4) is 0 Å². The highest BCUT2D eigenvalue weighted by atomic mass is 19.3. The van der Waals surface area contributed by atoms with E-state index in [0.717, 1.165) is 19.9 Å². The van der Waals surface area contributed by atoms with Gasteiger partial charge in [-0.1, -0.05) is 12.1 Å². The summed E-state index contributed by atoms with van der Waals surface area (Å²) >= 11 is 0. The molecule has 6 nitrogen and oxygen atoms in total. The molecule has 0 radical (unpaired) electrons. The Kier molecular flexibility index (Phi) is 6.90. The molecule has 0 saturated heterocycles. The van der Waals surface area contributed by atoms with Gasteiger partial charge in [-0.25, -0.2) is 14.4 Å². The monoisotopic (exact) mass is 449 g/mol. The third kappa shape index (κ3) is 4.94. The fraction of sp³-hybridized carbons (Fsp3) is 0.391. The molecule has 3 aromatic rings. The van der Waals surface area contributed by atoms with Gasteiger partial charge in [-0.3, -0.25) is 0 Å². The maximum Gasteiger partial charge on any atom is 0.303 e. The first-order valence-electron chi connectivity index (χ1n) is 10.1. The van der Waals surface area contributed by atoms with Gasteiger partial charge in [0.2, 0.25) is 0 Å². The van der Waals surface area contributed by atoms with Crippen LogP contribution in [-0.2, 0) is 17.2 Å². The topological polar surface area (TPSA) is 76.5 Å². The van der Waals surface area contributed by atoms with Crippen molar-refractivity contribution in [1.29, 1.82) is 0 Å². The molecular weight excluding hydrogens is 423 g/mol. The van der Waals surface area contributed by atoms with Gasteiger partial charge in [0.15, 0.2) is 0 Å². The van der Waals surface area contributed by atoms with Gasteiger partial charge in [0.1, 0.15) is 35.4 Å². The second-order valence-corrected chi connectivity index (χ2v) is 7.91. The minimum atomic E-state index is -3.76. The van der Waals surface area contributed by atoms with Gasteiger partial charge in [0.25, 0.3) is 0 Å². The van der Waals surface area contributed by atoms with Gasteiger partial charge in [-0.15, -0.1) is 0 Å². The molecule has 0 aliphatic carbocycles. The van der Waals surface area contributed by atoms with E-state index < -0.39 is 22.9 Å². The van der Waals surface area contributed by atoms with Crippen LogP contribution in [-0.4, -0.2) is 41.0 Å². The van der Waals surface area contributed by atoms with Crippen molar-refractivity contribution in [3.63, 3.8) is 0 Å². The summed E-state index contributed by atoms with van der Waals surface area (Å²) in [6, 6.07) is 9.02. The number of nitrogens with one attached hydrogen (secondary N) is 1. The van der Waals surface area contributed by atoms with Crippen LogP contribution in [0.4, 0.5) is 19.0 Å². The van der Waals surface area contributed by atoms with Gasteiger partial charge in [0.05, 0.1) is 17.7 Å². The van der Waals surface area contributed by atoms with Gasteiger partial charge < -0.3 is 19.9 Å². The molecular formula is C23H26F3N3O3. The summed E-state index contributed by atoms with van der Waals surface area (Å²) in [5.74, 6) is -3.34. The first kappa shape index (κ1) is 23.7. The smallest absolute Gasteiger partial charge is 0.303 e. The van der Waals surface area contributed by atoms with E-state index in [1.807, 2.05) is 0 Å². The number of methoxy groups -OCH3 is 1. The quantitative estimate of drug-likeness (QED) is 0.466. The zero-order chi connectivity index (χ0) is 23.5. The van der Waals surface area contributed by atoms with E-state index in [2.05, 4.69) is 15.3 Å². The van der Waals surface area contributed by atoms with Crippen molar-refractivity contribution >= 4 is 16.7 Å². The number of aromatic nitrogens is 2. The minimum absolute atomic E-state index is 0.0170. The number of alkyl halides is 2. The van der Waals surface area contributed by atoms with Crippen molar-refractivity contribution in [3.8, 4) is 5.75 Å². The molecule has 0 atom stereocenters. The molecule has 0 unspecified atom stereocenters. The first-order chi connectivity index (χ1) is 15.0. The molecule has 1 heterocycles. The molecule has 2 N–H and O–H groups in total. The van der Waals surface area contributed by atoms with Gasteiger partial charge >= 0.3 is 5.92 Å². The molecule has 3 rings (SSSR count). The maximum atomic E-state index is 14.9. The third-order valence-corrected chi connectivity index (χ3v) is 4.97. The molecule has 0 aliphatic heterocycles. The van der Waals surface area contributed by atoms with Crippen LogP contribution < -0.4 is 10.1 Å². The minimum Gasteiger partial charge on any atom is -0.491 e. The van der Waals surface area contributed by atoms with E-state index in [4.69, 9.17) is 9.47 Å². The molecule has 0 aliphatic rings. The lowest BCUT2D eigenvalue weighted by atomic mass is 9.92. The number of nitrogens with zero attached hydrogens (tertiary/aromatic N) is 2. The van der Waals surface area contributed by atoms with Crippen LogP contribution in [0.2, 0.25) is 0 Å². The molecule has 172 valence electrons. The van der Waals surface area contributed by atoms with Crippen molar-refractivity contribution in [1.82, 2.24) is 9.97 Å². The summed E-state index contributed by atoms with van der Waals surface area (Å²) in [6.07, 6.45) is 0. The lowest BCUT2D eigenvalue weighted by Crippen LogP contribution is -2.41. The number of benzene rings is 2. The van der Waals surface area contributed by atoms with E-state index in [9.17, 15) is 18.3 Å². The second-order valence-electron chi connectivity index (χ2n) is 7.91. The lowest BCUT2D eigenvalue weighted by Gasteiger charge is -2.30. The molecule has 1 aromatic heterocycles. The van der Waals surface area contributed by atoms with E-state index in [1.54, 1.807) is 32.2 Å². The number of anilines is 1. The SMILES string of the molecule is COCCOc1ccc2nc(C)nc(NCc3cccc(C(F)(F)C(C)(C)O)c3F)c2c1. The summed E-state index contributed by atoms with van der Waals surface area (Å²) in [5.41, 5.74) is -2.61. The van der Waals surface area contributed by atoms with Gasteiger partial charge in [0, 0.05) is 24.6 Å². The van der Waals surface area contributed by atoms with Gasteiger partial charge in [-0.2, -0.15) is 8.78 Å². The van der Waals surface area contributed by atoms with Crippen LogP contribution in [0.25, 0.3) is 10.9 Å². The third-order valence-electron chi connectivity index (χ3n) is 4.97. The number of aliphatic hydroxyl groups is 1. The van der Waals surface area contributed by atoms with Crippen molar-refractivity contribution in [3.05, 3.63) is 59.2 Å². The Morgan fingerprint density at radius 1 is 1.09 bits per heavy atom. The predicted molar refractivity (Wildman–Crippen MR) is 116 cm³/mol. The number of fused-ring (bicyclic) bond motifs is 1. The van der Waals surface area contributed by atoms with Crippen LogP contribution in [0.5, 0.6) is 5.75 Å². The Labute approximate surface area is 184 Å². The van der Waals surface area contributed by atoms with Crippen LogP contribution in [0, 0.1) is 12.7 Å². The average Bonchev–Trinajstić information content (AvgIpc) is 2.72. The molecule has 0 amide bonds. The fourth-order valence-corrected chi connectivity index (χ4v) is 3.16. The van der Waals surface area contributed by atoms with Crippen LogP contribution in [0.15, 0.2) is 36.4 Å². The Morgan fingerprint density at radius 2 is 1.84 bits per heavy atom. The van der Waals surface area contributed by atoms with Crippen LogP contribution >= 0.6 is 0 Å². The lowest BCUT2D eigenvalue weighted by molar-refractivity contribution is -0.170. The van der Waals surface area contributed by atoms with Crippen molar-refractivity contribution in [2.24, 2.45) is 0 Å². The van der Waals surface area contributed by atoms with Crippen molar-refractivity contribution in [2.45, 2.75) is 38.8 Å². The summed E-state index contributed by atoms with van der Waals surface area (Å²) in [4.78, 5) is 8.77. The average molecular weight is 449 g/mol. The van der Waals surface area contributed by atoms with Crippen LogP contribution in [0.1, 0.15) is 30.8 Å². The summed E-state index contributed by atoms with van der Waals surface area (Å²) < 4.78 is 54.6. The Hall–Kier alpha value is -2.91. The standard InChI is InChI=1S/C23H26F3N3O3/c1-14-28-19-9-8-16(32-11-10-31-4)12-17(19)21(29-14)27-13-15-6-5-7-18(20(15)24)23(25,26)22(2,3)30/h5-9,12,30H,10-11,13H2,1-4H3,(H,27,28,29). The van der Waals surface area contributed by atoms with E-state index in [0.29, 0.717) is 41.5 Å². The fourth-order valence-electron chi connectivity index (χ4n) is 3.16. The summed E-state index contributed by atoms with van der Waals surface area (Å²) in [7, 11) is 1.58. The Bertz CT molecular complexity index is 1100. The second kappa shape index (κ2) is 9.30. The Morgan fingerprint density at radius 3 is 2.53 bits per heavy atom.